The Morgan fingerprint density at radius 2 is 2.05 bits per heavy atom. The number of aromatic nitrogens is 3. The fraction of sp³-hybridized carbons (Fsp3) is 0.222. The minimum atomic E-state index is 0.0768. The van der Waals surface area contributed by atoms with Crippen molar-refractivity contribution < 1.29 is 4.79 Å². The van der Waals surface area contributed by atoms with Crippen molar-refractivity contribution in [3.63, 3.8) is 0 Å². The van der Waals surface area contributed by atoms with Crippen molar-refractivity contribution in [1.82, 2.24) is 14.5 Å². The van der Waals surface area contributed by atoms with Gasteiger partial charge in [0.15, 0.2) is 0 Å². The minimum absolute atomic E-state index is 0.0768. The van der Waals surface area contributed by atoms with Gasteiger partial charge in [0, 0.05) is 22.3 Å². The number of para-hydroxylation sites is 1. The summed E-state index contributed by atoms with van der Waals surface area (Å²) < 4.78 is 1.88. The highest BCUT2D eigenvalue weighted by atomic mass is 16.2. The number of carbonyl (C=O) groups excluding carboxylic acids is 1. The molecule has 0 saturated carbocycles. The number of hydrogen-bond acceptors (Lipinski definition) is 2. The summed E-state index contributed by atoms with van der Waals surface area (Å²) in [4.78, 5) is 20.3. The smallest absolute Gasteiger partial charge is 0.258 e. The number of imidazole rings is 1. The van der Waals surface area contributed by atoms with E-state index in [0.29, 0.717) is 0 Å². The number of nitrogens with zero attached hydrogens (tertiary/aromatic N) is 2. The van der Waals surface area contributed by atoms with Crippen LogP contribution in [0.1, 0.15) is 33.9 Å². The summed E-state index contributed by atoms with van der Waals surface area (Å²) in [5, 5.41) is 1.17. The molecule has 0 bridgehead atoms. The molecule has 3 aromatic rings. The second-order valence-electron chi connectivity index (χ2n) is 5.81. The third-order valence-corrected chi connectivity index (χ3v) is 4.54. The highest BCUT2D eigenvalue weighted by Gasteiger charge is 2.26. The van der Waals surface area contributed by atoms with E-state index in [2.05, 4.69) is 23.0 Å². The summed E-state index contributed by atoms with van der Waals surface area (Å²) in [6, 6.07) is 8.12. The molecular weight excluding hydrogens is 274 g/mol. The van der Waals surface area contributed by atoms with E-state index in [0.717, 1.165) is 41.0 Å². The van der Waals surface area contributed by atoms with Crippen molar-refractivity contribution in [2.45, 2.75) is 26.7 Å². The molecule has 4 rings (SSSR count). The normalized spacial score (nSPS) is 16.5. The van der Waals surface area contributed by atoms with E-state index in [-0.39, 0.29) is 5.91 Å². The predicted molar refractivity (Wildman–Crippen MR) is 86.9 cm³/mol. The number of rotatable bonds is 1. The van der Waals surface area contributed by atoms with Gasteiger partial charge >= 0.3 is 0 Å². The quantitative estimate of drug-likeness (QED) is 0.696. The zero-order chi connectivity index (χ0) is 15.3. The van der Waals surface area contributed by atoms with Gasteiger partial charge in [-0.25, -0.2) is 4.98 Å². The summed E-state index contributed by atoms with van der Waals surface area (Å²) in [5.41, 5.74) is 6.02. The SMILES string of the molecule is Cc1[nH]cnc1/C=C1\CCc2c(C)c3ccccc3n2C1=O. The maximum Gasteiger partial charge on any atom is 0.258 e. The second kappa shape index (κ2) is 4.70. The van der Waals surface area contributed by atoms with Crippen LogP contribution >= 0.6 is 0 Å². The van der Waals surface area contributed by atoms with Gasteiger partial charge in [-0.2, -0.15) is 0 Å². The molecule has 4 heteroatoms. The number of H-pyrrole nitrogens is 1. The van der Waals surface area contributed by atoms with E-state index < -0.39 is 0 Å². The van der Waals surface area contributed by atoms with Crippen LogP contribution in [0.3, 0.4) is 0 Å². The number of nitrogens with one attached hydrogen (secondary N) is 1. The van der Waals surface area contributed by atoms with E-state index in [1.54, 1.807) is 6.33 Å². The first kappa shape index (κ1) is 13.1. The highest BCUT2D eigenvalue weighted by Crippen LogP contribution is 2.32. The van der Waals surface area contributed by atoms with Crippen LogP contribution in [0.4, 0.5) is 0 Å². The Bertz CT molecular complexity index is 927. The Hall–Kier alpha value is -2.62. The maximum absolute atomic E-state index is 12.9. The van der Waals surface area contributed by atoms with Crippen LogP contribution in [0.5, 0.6) is 0 Å². The average molecular weight is 291 g/mol. The van der Waals surface area contributed by atoms with Gasteiger partial charge in [0.25, 0.3) is 5.91 Å². The highest BCUT2D eigenvalue weighted by molar-refractivity contribution is 6.07. The van der Waals surface area contributed by atoms with Gasteiger partial charge in [-0.15, -0.1) is 0 Å². The summed E-state index contributed by atoms with van der Waals surface area (Å²) in [6.45, 7) is 4.07. The van der Waals surface area contributed by atoms with Crippen molar-refractivity contribution in [2.24, 2.45) is 0 Å². The zero-order valence-corrected chi connectivity index (χ0v) is 12.7. The third kappa shape index (κ3) is 1.77. The number of hydrogen-bond donors (Lipinski definition) is 1. The third-order valence-electron chi connectivity index (χ3n) is 4.54. The monoisotopic (exact) mass is 291 g/mol. The van der Waals surface area contributed by atoms with Crippen molar-refractivity contribution in [2.75, 3.05) is 0 Å². The summed E-state index contributed by atoms with van der Waals surface area (Å²) in [7, 11) is 0. The molecule has 0 aliphatic carbocycles. The number of fused-ring (bicyclic) bond motifs is 3. The van der Waals surface area contributed by atoms with Crippen molar-refractivity contribution >= 4 is 22.9 Å². The van der Waals surface area contributed by atoms with E-state index in [4.69, 9.17) is 0 Å². The summed E-state index contributed by atoms with van der Waals surface area (Å²) >= 11 is 0. The number of allylic oxidation sites excluding steroid dienone is 1. The van der Waals surface area contributed by atoms with E-state index in [1.165, 1.54) is 10.9 Å². The number of aryl methyl sites for hydroxylation is 2. The molecule has 1 aliphatic rings. The molecule has 0 fully saturated rings. The summed E-state index contributed by atoms with van der Waals surface area (Å²) in [6.07, 6.45) is 5.24. The molecule has 4 nitrogen and oxygen atoms in total. The maximum atomic E-state index is 12.9. The van der Waals surface area contributed by atoms with Crippen LogP contribution in [0, 0.1) is 13.8 Å². The molecule has 0 unspecified atom stereocenters. The molecular formula is C18H17N3O. The first-order valence-electron chi connectivity index (χ1n) is 7.51. The fourth-order valence-electron chi connectivity index (χ4n) is 3.30. The molecule has 0 saturated heterocycles. The first-order chi connectivity index (χ1) is 10.7. The molecule has 0 amide bonds. The Balaban J connectivity index is 1.89. The Labute approximate surface area is 128 Å². The molecule has 0 radical (unpaired) electrons. The fourth-order valence-corrected chi connectivity index (χ4v) is 3.30. The molecule has 1 aromatic carbocycles. The van der Waals surface area contributed by atoms with Crippen LogP contribution in [-0.4, -0.2) is 20.4 Å². The van der Waals surface area contributed by atoms with Gasteiger partial charge < -0.3 is 4.98 Å². The number of carbonyl (C=O) groups is 1. The molecule has 0 atom stereocenters. The van der Waals surface area contributed by atoms with Crippen LogP contribution in [-0.2, 0) is 6.42 Å². The van der Waals surface area contributed by atoms with Crippen LogP contribution in [0.15, 0.2) is 36.2 Å². The van der Waals surface area contributed by atoms with Crippen molar-refractivity contribution in [3.8, 4) is 0 Å². The van der Waals surface area contributed by atoms with Gasteiger partial charge in [0.1, 0.15) is 0 Å². The topological polar surface area (TPSA) is 50.7 Å². The first-order valence-corrected chi connectivity index (χ1v) is 7.51. The lowest BCUT2D eigenvalue weighted by atomic mass is 10.00. The lowest BCUT2D eigenvalue weighted by Crippen LogP contribution is -2.22. The van der Waals surface area contributed by atoms with Crippen LogP contribution in [0.25, 0.3) is 17.0 Å². The average Bonchev–Trinajstić information content (AvgIpc) is 3.05. The summed E-state index contributed by atoms with van der Waals surface area (Å²) in [5.74, 6) is 0.0768. The molecule has 110 valence electrons. The zero-order valence-electron chi connectivity index (χ0n) is 12.7. The number of aromatic amines is 1. The minimum Gasteiger partial charge on any atom is -0.348 e. The standard InChI is InChI=1S/C18H17N3O/c1-11-14-5-3-4-6-17(14)21-16(11)8-7-13(18(21)22)9-15-12(2)19-10-20-15/h3-6,9-10H,7-8H2,1-2H3,(H,19,20)/b13-9+. The van der Waals surface area contributed by atoms with Crippen LogP contribution < -0.4 is 0 Å². The second-order valence-corrected chi connectivity index (χ2v) is 5.81. The lowest BCUT2D eigenvalue weighted by Gasteiger charge is -2.18. The van der Waals surface area contributed by atoms with Crippen molar-refractivity contribution in [1.29, 1.82) is 0 Å². The molecule has 3 heterocycles. The molecule has 1 N–H and O–H groups in total. The molecule has 2 aromatic heterocycles. The Kier molecular flexibility index (Phi) is 2.79. The lowest BCUT2D eigenvalue weighted by molar-refractivity contribution is 0.0946. The van der Waals surface area contributed by atoms with Gasteiger partial charge in [-0.3, -0.25) is 9.36 Å². The van der Waals surface area contributed by atoms with E-state index >= 15 is 0 Å². The predicted octanol–water partition coefficient (Wildman–Crippen LogP) is 3.65. The Morgan fingerprint density at radius 3 is 2.82 bits per heavy atom. The molecule has 1 aliphatic heterocycles. The number of benzene rings is 1. The van der Waals surface area contributed by atoms with Gasteiger partial charge in [0.2, 0.25) is 0 Å². The van der Waals surface area contributed by atoms with Gasteiger partial charge in [-0.1, -0.05) is 18.2 Å². The largest absolute Gasteiger partial charge is 0.348 e. The van der Waals surface area contributed by atoms with Gasteiger partial charge in [0.05, 0.1) is 17.5 Å². The van der Waals surface area contributed by atoms with E-state index in [9.17, 15) is 4.79 Å². The Morgan fingerprint density at radius 1 is 1.23 bits per heavy atom. The van der Waals surface area contributed by atoms with Crippen LogP contribution in [0.2, 0.25) is 0 Å². The molecule has 0 spiro atoms. The van der Waals surface area contributed by atoms with E-state index in [1.807, 2.05) is 35.8 Å². The molecule has 22 heavy (non-hydrogen) atoms. The van der Waals surface area contributed by atoms with Crippen molar-refractivity contribution in [3.05, 3.63) is 58.8 Å². The van der Waals surface area contributed by atoms with Gasteiger partial charge in [-0.05, 0) is 44.4 Å².